The number of sulfonamides is 1. The molecule has 124 valence electrons. The van der Waals surface area contributed by atoms with Crippen molar-refractivity contribution in [3.63, 3.8) is 0 Å². The van der Waals surface area contributed by atoms with Crippen LogP contribution in [0, 0.1) is 0 Å². The number of carbonyl (C=O) groups excluding carboxylic acids is 1. The molecule has 1 aromatic rings. The fraction of sp³-hybridized carbons (Fsp3) is 0.500. The fourth-order valence-corrected chi connectivity index (χ4v) is 2.50. The summed E-state index contributed by atoms with van der Waals surface area (Å²) in [5, 5.41) is 7.74. The van der Waals surface area contributed by atoms with E-state index in [1.165, 1.54) is 25.3 Å². The van der Waals surface area contributed by atoms with E-state index in [0.717, 1.165) is 25.7 Å². The van der Waals surface area contributed by atoms with Crippen LogP contribution in [0.1, 0.15) is 32.1 Å². The molecule has 1 aromatic carbocycles. The molecule has 7 nitrogen and oxygen atoms in total. The first-order valence-electron chi connectivity index (χ1n) is 7.09. The van der Waals surface area contributed by atoms with E-state index in [-0.39, 0.29) is 10.8 Å². The van der Waals surface area contributed by atoms with Crippen LogP contribution in [0.15, 0.2) is 23.1 Å². The lowest BCUT2D eigenvalue weighted by Gasteiger charge is -2.11. The van der Waals surface area contributed by atoms with Crippen LogP contribution >= 0.6 is 0 Å². The van der Waals surface area contributed by atoms with Gasteiger partial charge in [0.25, 0.3) is 0 Å². The van der Waals surface area contributed by atoms with Crippen molar-refractivity contribution in [3.05, 3.63) is 18.2 Å². The summed E-state index contributed by atoms with van der Waals surface area (Å²) in [6.45, 7) is 0.656. The number of primary sulfonamides is 1. The molecule has 0 spiro atoms. The Morgan fingerprint density at radius 2 is 1.91 bits per heavy atom. The zero-order valence-corrected chi connectivity index (χ0v) is 13.5. The lowest BCUT2D eigenvalue weighted by molar-refractivity contribution is -0.116. The summed E-state index contributed by atoms with van der Waals surface area (Å²) >= 11 is 0. The number of hydrogen-bond acceptors (Lipinski definition) is 5. The molecule has 5 N–H and O–H groups in total. The van der Waals surface area contributed by atoms with E-state index >= 15 is 0 Å². The monoisotopic (exact) mass is 329 g/mol. The van der Waals surface area contributed by atoms with Gasteiger partial charge in [-0.3, -0.25) is 4.79 Å². The van der Waals surface area contributed by atoms with Crippen LogP contribution < -0.4 is 20.9 Å². The molecule has 0 aliphatic rings. The van der Waals surface area contributed by atoms with Gasteiger partial charge in [-0.15, -0.1) is 0 Å². The number of anilines is 1. The van der Waals surface area contributed by atoms with Gasteiger partial charge in [0.1, 0.15) is 5.75 Å². The fourth-order valence-electron chi connectivity index (χ4n) is 1.96. The summed E-state index contributed by atoms with van der Waals surface area (Å²) < 4.78 is 27.8. The van der Waals surface area contributed by atoms with Crippen LogP contribution in [-0.4, -0.2) is 28.0 Å². The molecule has 0 unspecified atom stereocenters. The Kier molecular flexibility index (Phi) is 7.30. The average molecular weight is 329 g/mol. The summed E-state index contributed by atoms with van der Waals surface area (Å²) in [4.78, 5) is 11.8. The Morgan fingerprint density at radius 3 is 2.50 bits per heavy atom. The number of methoxy groups -OCH3 is 1. The van der Waals surface area contributed by atoms with Crippen molar-refractivity contribution in [1.29, 1.82) is 0 Å². The Balaban J connectivity index is 2.68. The normalized spacial score (nSPS) is 11.2. The van der Waals surface area contributed by atoms with Gasteiger partial charge in [0.15, 0.2) is 0 Å². The third-order valence-corrected chi connectivity index (χ3v) is 4.04. The molecule has 0 aliphatic heterocycles. The minimum absolute atomic E-state index is 0.0773. The molecule has 0 saturated heterocycles. The number of ether oxygens (including phenoxy) is 1. The van der Waals surface area contributed by atoms with Crippen molar-refractivity contribution in [2.45, 2.75) is 37.0 Å². The van der Waals surface area contributed by atoms with E-state index in [4.69, 9.17) is 15.6 Å². The number of benzene rings is 1. The van der Waals surface area contributed by atoms with E-state index in [0.29, 0.717) is 24.4 Å². The zero-order chi connectivity index (χ0) is 16.6. The van der Waals surface area contributed by atoms with Gasteiger partial charge in [0.05, 0.1) is 17.7 Å². The van der Waals surface area contributed by atoms with Crippen LogP contribution in [0.5, 0.6) is 5.75 Å². The molecule has 0 aliphatic carbocycles. The lowest BCUT2D eigenvalue weighted by atomic mass is 10.1. The van der Waals surface area contributed by atoms with Crippen molar-refractivity contribution in [3.8, 4) is 5.75 Å². The minimum Gasteiger partial charge on any atom is -0.495 e. The smallest absolute Gasteiger partial charge is 0.238 e. The summed E-state index contributed by atoms with van der Waals surface area (Å²) in [5.74, 6) is 0.182. The van der Waals surface area contributed by atoms with Gasteiger partial charge in [0, 0.05) is 6.42 Å². The Labute approximate surface area is 131 Å². The number of hydrogen-bond donors (Lipinski definition) is 3. The van der Waals surface area contributed by atoms with E-state index < -0.39 is 10.0 Å². The molecule has 8 heteroatoms. The second kappa shape index (κ2) is 8.72. The average Bonchev–Trinajstić information content (AvgIpc) is 2.46. The molecule has 1 amide bonds. The molecule has 0 aromatic heterocycles. The maximum atomic E-state index is 11.9. The van der Waals surface area contributed by atoms with Crippen LogP contribution in [0.4, 0.5) is 5.69 Å². The van der Waals surface area contributed by atoms with Gasteiger partial charge < -0.3 is 15.8 Å². The number of rotatable bonds is 9. The highest BCUT2D eigenvalue weighted by molar-refractivity contribution is 7.89. The van der Waals surface area contributed by atoms with Crippen molar-refractivity contribution < 1.29 is 17.9 Å². The third-order valence-electron chi connectivity index (χ3n) is 3.13. The van der Waals surface area contributed by atoms with Gasteiger partial charge in [-0.05, 0) is 37.6 Å². The van der Waals surface area contributed by atoms with Crippen LogP contribution in [0.25, 0.3) is 0 Å². The van der Waals surface area contributed by atoms with Gasteiger partial charge in [0.2, 0.25) is 15.9 Å². The van der Waals surface area contributed by atoms with Crippen LogP contribution in [0.3, 0.4) is 0 Å². The Morgan fingerprint density at radius 1 is 1.23 bits per heavy atom. The van der Waals surface area contributed by atoms with Gasteiger partial charge in [-0.25, -0.2) is 13.6 Å². The van der Waals surface area contributed by atoms with Crippen molar-refractivity contribution in [2.24, 2.45) is 10.9 Å². The van der Waals surface area contributed by atoms with E-state index in [2.05, 4.69) is 5.32 Å². The van der Waals surface area contributed by atoms with Crippen molar-refractivity contribution >= 4 is 21.6 Å². The van der Waals surface area contributed by atoms with Crippen molar-refractivity contribution in [1.82, 2.24) is 0 Å². The highest BCUT2D eigenvalue weighted by atomic mass is 32.2. The molecule has 0 heterocycles. The second-order valence-corrected chi connectivity index (χ2v) is 6.47. The lowest BCUT2D eigenvalue weighted by Crippen LogP contribution is -2.15. The molecule has 0 bridgehead atoms. The standard InChI is InChI=1S/C14H23N3O4S/c1-21-13-8-7-11(22(16,19)20)10-12(13)17-14(18)6-4-2-3-5-9-15/h7-8,10H,2-6,9,15H2,1H3,(H,17,18)(H2,16,19,20). The predicted octanol–water partition coefficient (Wildman–Crippen LogP) is 1.19. The third kappa shape index (κ3) is 6.00. The van der Waals surface area contributed by atoms with E-state index in [9.17, 15) is 13.2 Å². The quantitative estimate of drug-likeness (QED) is 0.587. The van der Waals surface area contributed by atoms with Crippen LogP contribution in [0.2, 0.25) is 0 Å². The van der Waals surface area contributed by atoms with Crippen LogP contribution in [-0.2, 0) is 14.8 Å². The Hall–Kier alpha value is -1.64. The zero-order valence-electron chi connectivity index (χ0n) is 12.7. The summed E-state index contributed by atoms with van der Waals surface area (Å²) in [5.41, 5.74) is 5.69. The molecular formula is C14H23N3O4S. The summed E-state index contributed by atoms with van der Waals surface area (Å²) in [7, 11) is -2.39. The number of unbranched alkanes of at least 4 members (excludes halogenated alkanes) is 3. The van der Waals surface area contributed by atoms with Crippen molar-refractivity contribution in [2.75, 3.05) is 19.0 Å². The maximum Gasteiger partial charge on any atom is 0.238 e. The number of amides is 1. The van der Waals surface area contributed by atoms with Gasteiger partial charge in [-0.1, -0.05) is 12.8 Å². The molecule has 0 fully saturated rings. The predicted molar refractivity (Wildman–Crippen MR) is 85.1 cm³/mol. The first-order chi connectivity index (χ1) is 10.4. The Bertz CT molecular complexity index is 602. The number of nitrogens with two attached hydrogens (primary N) is 2. The molecule has 0 atom stereocenters. The minimum atomic E-state index is -3.83. The topological polar surface area (TPSA) is 125 Å². The first-order valence-corrected chi connectivity index (χ1v) is 8.64. The van der Waals surface area contributed by atoms with E-state index in [1.807, 2.05) is 0 Å². The van der Waals surface area contributed by atoms with Gasteiger partial charge >= 0.3 is 0 Å². The first kappa shape index (κ1) is 18.4. The highest BCUT2D eigenvalue weighted by Crippen LogP contribution is 2.27. The molecule has 0 saturated carbocycles. The highest BCUT2D eigenvalue weighted by Gasteiger charge is 2.13. The molecule has 22 heavy (non-hydrogen) atoms. The maximum absolute atomic E-state index is 11.9. The molecular weight excluding hydrogens is 306 g/mol. The SMILES string of the molecule is COc1ccc(S(N)(=O)=O)cc1NC(=O)CCCCCCN. The summed E-state index contributed by atoms with van der Waals surface area (Å²) in [6, 6.07) is 4.08. The molecule has 0 radical (unpaired) electrons. The second-order valence-electron chi connectivity index (χ2n) is 4.91. The van der Waals surface area contributed by atoms with E-state index in [1.54, 1.807) is 0 Å². The van der Waals surface area contributed by atoms with Gasteiger partial charge in [-0.2, -0.15) is 0 Å². The number of carbonyl (C=O) groups is 1. The number of nitrogens with one attached hydrogen (secondary N) is 1. The largest absolute Gasteiger partial charge is 0.495 e. The summed E-state index contributed by atoms with van der Waals surface area (Å²) in [6.07, 6.45) is 3.98. The molecule has 1 rings (SSSR count).